The van der Waals surface area contributed by atoms with E-state index in [1.54, 1.807) is 4.52 Å². The molecule has 8 nitrogen and oxygen atoms in total. The second-order valence-corrected chi connectivity index (χ2v) is 7.52. The molecule has 0 saturated carbocycles. The third-order valence-electron chi connectivity index (χ3n) is 5.49. The van der Waals surface area contributed by atoms with Crippen LogP contribution in [0.15, 0.2) is 12.1 Å². The predicted molar refractivity (Wildman–Crippen MR) is 104 cm³/mol. The first kappa shape index (κ1) is 18.2. The van der Waals surface area contributed by atoms with Gasteiger partial charge in [0, 0.05) is 32.5 Å². The Kier molecular flexibility index (Phi) is 5.81. The minimum Gasteiger partial charge on any atom is -0.356 e. The standard InChI is InChI=1S/C19H29N7O/c27-19(20-10-5-13-24-11-1-2-12-24)9-8-17-22-21-16-6-7-18(23-26(16)17)25-14-3-4-15-25/h6-7H,1-5,8-15H2,(H,20,27). The lowest BCUT2D eigenvalue weighted by Gasteiger charge is -2.15. The van der Waals surface area contributed by atoms with Crippen LogP contribution in [0.5, 0.6) is 0 Å². The number of rotatable bonds is 8. The highest BCUT2D eigenvalue weighted by molar-refractivity contribution is 5.76. The van der Waals surface area contributed by atoms with Gasteiger partial charge in [-0.1, -0.05) is 0 Å². The zero-order valence-electron chi connectivity index (χ0n) is 15.9. The summed E-state index contributed by atoms with van der Waals surface area (Å²) in [6.45, 7) is 6.35. The van der Waals surface area contributed by atoms with Crippen LogP contribution in [0.4, 0.5) is 5.82 Å². The summed E-state index contributed by atoms with van der Waals surface area (Å²) in [7, 11) is 0. The molecule has 2 aliphatic heterocycles. The second kappa shape index (κ2) is 8.65. The largest absolute Gasteiger partial charge is 0.356 e. The highest BCUT2D eigenvalue weighted by atomic mass is 16.1. The molecular formula is C19H29N7O. The van der Waals surface area contributed by atoms with E-state index in [9.17, 15) is 4.79 Å². The van der Waals surface area contributed by atoms with Gasteiger partial charge in [0.2, 0.25) is 5.91 Å². The van der Waals surface area contributed by atoms with Crippen LogP contribution in [-0.4, -0.2) is 69.9 Å². The highest BCUT2D eigenvalue weighted by Gasteiger charge is 2.16. The Morgan fingerprint density at radius 2 is 1.81 bits per heavy atom. The van der Waals surface area contributed by atoms with Crippen molar-refractivity contribution in [3.63, 3.8) is 0 Å². The van der Waals surface area contributed by atoms with E-state index in [1.807, 2.05) is 12.1 Å². The molecule has 2 aromatic heterocycles. The zero-order valence-corrected chi connectivity index (χ0v) is 15.9. The second-order valence-electron chi connectivity index (χ2n) is 7.52. The molecule has 2 fully saturated rings. The molecule has 1 N–H and O–H groups in total. The molecule has 0 atom stereocenters. The Bertz CT molecular complexity index is 763. The maximum Gasteiger partial charge on any atom is 0.220 e. The van der Waals surface area contributed by atoms with Gasteiger partial charge in [-0.05, 0) is 63.9 Å². The number of fused-ring (bicyclic) bond motifs is 1. The lowest BCUT2D eigenvalue weighted by Crippen LogP contribution is -2.28. The number of carbonyl (C=O) groups excluding carboxylic acids is 1. The summed E-state index contributed by atoms with van der Waals surface area (Å²) >= 11 is 0. The molecule has 2 saturated heterocycles. The van der Waals surface area contributed by atoms with E-state index in [2.05, 4.69) is 25.3 Å². The molecule has 0 spiro atoms. The van der Waals surface area contributed by atoms with Crippen molar-refractivity contribution >= 4 is 17.4 Å². The Labute approximate surface area is 159 Å². The van der Waals surface area contributed by atoms with Crippen LogP contribution in [0.2, 0.25) is 0 Å². The number of nitrogens with zero attached hydrogens (tertiary/aromatic N) is 6. The number of hydrogen-bond donors (Lipinski definition) is 1. The van der Waals surface area contributed by atoms with Gasteiger partial charge in [-0.2, -0.15) is 4.52 Å². The topological polar surface area (TPSA) is 78.7 Å². The van der Waals surface area contributed by atoms with Crippen molar-refractivity contribution in [2.75, 3.05) is 44.2 Å². The molecule has 0 radical (unpaired) electrons. The van der Waals surface area contributed by atoms with Crippen molar-refractivity contribution in [1.29, 1.82) is 0 Å². The average molecular weight is 371 g/mol. The maximum atomic E-state index is 12.1. The quantitative estimate of drug-likeness (QED) is 0.704. The molecule has 0 aliphatic carbocycles. The third kappa shape index (κ3) is 4.55. The number of aromatic nitrogens is 4. The molecule has 0 aromatic carbocycles. The van der Waals surface area contributed by atoms with Crippen molar-refractivity contribution in [2.24, 2.45) is 0 Å². The number of hydrogen-bond acceptors (Lipinski definition) is 6. The van der Waals surface area contributed by atoms with E-state index < -0.39 is 0 Å². The van der Waals surface area contributed by atoms with E-state index >= 15 is 0 Å². The minimum atomic E-state index is 0.0730. The predicted octanol–water partition coefficient (Wildman–Crippen LogP) is 1.26. The van der Waals surface area contributed by atoms with Crippen molar-refractivity contribution in [3.05, 3.63) is 18.0 Å². The van der Waals surface area contributed by atoms with E-state index in [1.165, 1.54) is 38.8 Å². The number of carbonyl (C=O) groups is 1. The molecule has 1 amide bonds. The van der Waals surface area contributed by atoms with Crippen molar-refractivity contribution in [3.8, 4) is 0 Å². The minimum absolute atomic E-state index is 0.0730. The summed E-state index contributed by atoms with van der Waals surface area (Å²) in [5.41, 5.74) is 0.735. The van der Waals surface area contributed by atoms with Gasteiger partial charge in [0.25, 0.3) is 0 Å². The molecule has 4 rings (SSSR count). The van der Waals surface area contributed by atoms with Crippen LogP contribution in [0, 0.1) is 0 Å². The Hall–Kier alpha value is -2.22. The monoisotopic (exact) mass is 371 g/mol. The molecule has 27 heavy (non-hydrogen) atoms. The normalized spacial score (nSPS) is 17.9. The molecule has 0 bridgehead atoms. The molecule has 4 heterocycles. The lowest BCUT2D eigenvalue weighted by molar-refractivity contribution is -0.121. The Balaban J connectivity index is 1.26. The number of anilines is 1. The van der Waals surface area contributed by atoms with Gasteiger partial charge in [0.1, 0.15) is 5.82 Å². The van der Waals surface area contributed by atoms with E-state index in [0.717, 1.165) is 49.9 Å². The van der Waals surface area contributed by atoms with Gasteiger partial charge < -0.3 is 15.1 Å². The summed E-state index contributed by atoms with van der Waals surface area (Å²) in [5.74, 6) is 1.79. The first-order valence-corrected chi connectivity index (χ1v) is 10.2. The molecule has 2 aromatic rings. The van der Waals surface area contributed by atoms with Crippen LogP contribution in [0.3, 0.4) is 0 Å². The van der Waals surface area contributed by atoms with Crippen LogP contribution >= 0.6 is 0 Å². The molecule has 146 valence electrons. The first-order valence-electron chi connectivity index (χ1n) is 10.2. The van der Waals surface area contributed by atoms with Crippen molar-refractivity contribution in [1.82, 2.24) is 30.0 Å². The number of aryl methyl sites for hydroxylation is 1. The molecule has 2 aliphatic rings. The third-order valence-corrected chi connectivity index (χ3v) is 5.49. The average Bonchev–Trinajstić information content (AvgIpc) is 3.45. The van der Waals surface area contributed by atoms with Crippen LogP contribution in [-0.2, 0) is 11.2 Å². The van der Waals surface area contributed by atoms with Gasteiger partial charge in [-0.15, -0.1) is 15.3 Å². The van der Waals surface area contributed by atoms with E-state index in [-0.39, 0.29) is 5.91 Å². The summed E-state index contributed by atoms with van der Waals surface area (Å²) in [6, 6.07) is 3.96. The maximum absolute atomic E-state index is 12.1. The first-order chi connectivity index (χ1) is 13.3. The summed E-state index contributed by atoms with van der Waals surface area (Å²) in [4.78, 5) is 16.9. The summed E-state index contributed by atoms with van der Waals surface area (Å²) in [5, 5.41) is 16.1. The number of amides is 1. The van der Waals surface area contributed by atoms with Gasteiger partial charge >= 0.3 is 0 Å². The van der Waals surface area contributed by atoms with E-state index in [0.29, 0.717) is 12.8 Å². The van der Waals surface area contributed by atoms with Gasteiger partial charge in [0.05, 0.1) is 0 Å². The Morgan fingerprint density at radius 3 is 2.63 bits per heavy atom. The van der Waals surface area contributed by atoms with E-state index in [4.69, 9.17) is 5.10 Å². The highest BCUT2D eigenvalue weighted by Crippen LogP contribution is 2.18. The fraction of sp³-hybridized carbons (Fsp3) is 0.684. The van der Waals surface area contributed by atoms with Crippen molar-refractivity contribution in [2.45, 2.75) is 44.9 Å². The fourth-order valence-electron chi connectivity index (χ4n) is 3.94. The van der Waals surface area contributed by atoms with Crippen molar-refractivity contribution < 1.29 is 4.79 Å². The fourth-order valence-corrected chi connectivity index (χ4v) is 3.94. The molecular weight excluding hydrogens is 342 g/mol. The van der Waals surface area contributed by atoms with Crippen LogP contribution in [0.1, 0.15) is 44.3 Å². The number of nitrogens with one attached hydrogen (secondary N) is 1. The zero-order chi connectivity index (χ0) is 18.5. The lowest BCUT2D eigenvalue weighted by atomic mass is 10.2. The molecule has 0 unspecified atom stereocenters. The summed E-state index contributed by atoms with van der Waals surface area (Å²) in [6.07, 6.45) is 7.04. The SMILES string of the molecule is O=C(CCc1nnc2ccc(N3CCCC3)nn12)NCCCN1CCCC1. The Morgan fingerprint density at radius 1 is 1.04 bits per heavy atom. The molecule has 8 heteroatoms. The summed E-state index contributed by atoms with van der Waals surface area (Å²) < 4.78 is 1.79. The van der Waals surface area contributed by atoms with Gasteiger partial charge in [-0.25, -0.2) is 0 Å². The van der Waals surface area contributed by atoms with Gasteiger partial charge in [-0.3, -0.25) is 4.79 Å². The van der Waals surface area contributed by atoms with Crippen LogP contribution < -0.4 is 10.2 Å². The van der Waals surface area contributed by atoms with Gasteiger partial charge in [0.15, 0.2) is 11.5 Å². The smallest absolute Gasteiger partial charge is 0.220 e. The van der Waals surface area contributed by atoms with Crippen LogP contribution in [0.25, 0.3) is 5.65 Å². The number of likely N-dealkylation sites (tertiary alicyclic amines) is 1.